The van der Waals surface area contributed by atoms with Crippen LogP contribution in [0.3, 0.4) is 0 Å². The van der Waals surface area contributed by atoms with E-state index >= 15 is 0 Å². The second kappa shape index (κ2) is 17.1. The second-order valence-electron chi connectivity index (χ2n) is 1.62. The molecule has 0 unspecified atom stereocenters. The molecule has 19 heavy (non-hydrogen) atoms. The summed E-state index contributed by atoms with van der Waals surface area (Å²) in [4.78, 5) is 53.3. The molecule has 0 aliphatic rings. The van der Waals surface area contributed by atoms with Gasteiger partial charge in [0.25, 0.3) is 0 Å². The van der Waals surface area contributed by atoms with Crippen molar-refractivity contribution in [1.29, 1.82) is 0 Å². The van der Waals surface area contributed by atoms with Crippen LogP contribution < -0.4 is 45.9 Å². The molecule has 0 heterocycles. The third-order valence-corrected chi connectivity index (χ3v) is 0. The first-order valence-corrected chi connectivity index (χ1v) is 8.59. The average Bonchev–Trinajstić information content (AvgIpc) is 2.01. The van der Waals surface area contributed by atoms with Crippen molar-refractivity contribution in [2.45, 2.75) is 0 Å². The van der Waals surface area contributed by atoms with Gasteiger partial charge in [-0.3, -0.25) is 0 Å². The van der Waals surface area contributed by atoms with E-state index in [1.165, 1.54) is 0 Å². The van der Waals surface area contributed by atoms with Crippen molar-refractivity contribution < 1.29 is 43.1 Å². The molecule has 0 saturated heterocycles. The van der Waals surface area contributed by atoms with Crippen LogP contribution >= 0.6 is 48.5 Å². The molecular weight excluding hydrogens is 367 g/mol. The molecule has 0 fully saturated rings. The summed E-state index contributed by atoms with van der Waals surface area (Å²) in [5.41, 5.74) is 11.4. The van der Waals surface area contributed by atoms with Crippen molar-refractivity contribution in [1.82, 2.24) is 0 Å². The number of hydrogen-bond donors (Lipinski definition) is 5. The van der Waals surface area contributed by atoms with Crippen LogP contribution in [0.5, 0.6) is 0 Å². The summed E-state index contributed by atoms with van der Waals surface area (Å²) >= 11 is 5.56. The fourth-order valence-electron chi connectivity index (χ4n) is 0. The minimum atomic E-state index is -4.64. The SMILES string of the molecule is NP(=O)([O-])[O-].NP(=O)([O-])[O-].NP(=O)([O-])[O-].[C+3]S.[C+3]S. The average molecular weight is 375 g/mol. The third-order valence-electron chi connectivity index (χ3n) is 0. The Morgan fingerprint density at radius 2 is 0.579 bits per heavy atom. The van der Waals surface area contributed by atoms with Crippen molar-refractivity contribution >= 4 is 48.5 Å². The normalized spacial score (nSPS) is 10.1. The number of hydrogen-bond acceptors (Lipinski definition) is 11. The molecule has 0 bridgehead atoms. The Bertz CT molecular complexity index is 225. The summed E-state index contributed by atoms with van der Waals surface area (Å²) < 4.78 is 26.6. The molecule has 0 amide bonds. The summed E-state index contributed by atoms with van der Waals surface area (Å²) in [6.45, 7) is 0. The van der Waals surface area contributed by atoms with Gasteiger partial charge in [-0.15, -0.1) is 0 Å². The quantitative estimate of drug-likeness (QED) is 0.196. The van der Waals surface area contributed by atoms with E-state index in [2.05, 4.69) is 41.8 Å². The van der Waals surface area contributed by atoms with Crippen molar-refractivity contribution in [3.63, 3.8) is 0 Å². The molecule has 0 aromatic heterocycles. The first-order valence-electron chi connectivity index (χ1n) is 2.86. The Balaban J connectivity index is -0.0000000455. The number of thiol groups is 2. The standard InChI is InChI=1S/2CHS.3H4NO3P/c2*1-2;3*1-5(2,3)4/h2*2H;3*(H4,1,2,3,4)/q2*+3;;;/p-6. The molecule has 0 spiro atoms. The van der Waals surface area contributed by atoms with Crippen molar-refractivity contribution in [3.05, 3.63) is 12.5 Å². The van der Waals surface area contributed by atoms with Crippen molar-refractivity contribution in [2.24, 2.45) is 16.5 Å². The van der Waals surface area contributed by atoms with Crippen LogP contribution in [-0.2, 0) is 13.7 Å². The van der Waals surface area contributed by atoms with Crippen LogP contribution in [-0.4, -0.2) is 0 Å². The topological polar surface area (TPSA) is 268 Å². The summed E-state index contributed by atoms with van der Waals surface area (Å²) in [5, 5.41) is 0. The summed E-state index contributed by atoms with van der Waals surface area (Å²) in [5.74, 6) is 0. The fraction of sp³-hybridized carbons (Fsp3) is 0. The van der Waals surface area contributed by atoms with Crippen LogP contribution in [0, 0.1) is 12.5 Å². The van der Waals surface area contributed by atoms with Gasteiger partial charge in [0.1, 0.15) is 0 Å². The molecule has 6 N–H and O–H groups in total. The Hall–Kier alpha value is 1.03. The molecule has 0 radical (unpaired) electrons. The van der Waals surface area contributed by atoms with Crippen LogP contribution in [0.15, 0.2) is 0 Å². The molecule has 112 valence electrons. The van der Waals surface area contributed by atoms with Crippen molar-refractivity contribution in [2.75, 3.05) is 0 Å². The first kappa shape index (κ1) is 32.1. The zero-order chi connectivity index (χ0) is 17.5. The van der Waals surface area contributed by atoms with Gasteiger partial charge >= 0.3 is 37.8 Å². The van der Waals surface area contributed by atoms with Gasteiger partial charge in [0.15, 0.2) is 0 Å². The van der Waals surface area contributed by atoms with Gasteiger partial charge in [0.05, 0.1) is 0 Å². The van der Waals surface area contributed by atoms with E-state index in [4.69, 9.17) is 55.6 Å². The van der Waals surface area contributed by atoms with Crippen LogP contribution in [0.2, 0.25) is 0 Å². The number of nitrogens with two attached hydrogens (primary N) is 3. The van der Waals surface area contributed by atoms with Crippen LogP contribution in [0.4, 0.5) is 0 Å². The predicted octanol–water partition coefficient (Wildman–Crippen LogP) is -5.76. The molecule has 12 nitrogen and oxygen atoms in total. The maximum atomic E-state index is 8.88. The van der Waals surface area contributed by atoms with Gasteiger partial charge in [-0.2, -0.15) is 0 Å². The van der Waals surface area contributed by atoms with E-state index in [0.717, 1.165) is 0 Å². The molecular formula is C2H8N3O9P3S2. The van der Waals surface area contributed by atoms with Gasteiger partial charge < -0.3 is 59.6 Å². The fourth-order valence-corrected chi connectivity index (χ4v) is 0. The summed E-state index contributed by atoms with van der Waals surface area (Å²) in [6.07, 6.45) is 10.9. The van der Waals surface area contributed by atoms with E-state index in [1.807, 2.05) is 0 Å². The molecule has 0 rings (SSSR count). The number of rotatable bonds is 0. The molecule has 0 aromatic carbocycles. The van der Waals surface area contributed by atoms with Gasteiger partial charge in [-0.1, -0.05) is 0 Å². The van der Waals surface area contributed by atoms with E-state index in [1.54, 1.807) is 0 Å². The molecule has 0 atom stereocenters. The van der Waals surface area contributed by atoms with E-state index < -0.39 is 23.2 Å². The Labute approximate surface area is 121 Å². The maximum absolute atomic E-state index is 8.88. The first-order chi connectivity index (χ1) is 8.00. The molecule has 0 aliphatic heterocycles. The molecule has 0 saturated carbocycles. The minimum absolute atomic E-state index is 2.78. The Morgan fingerprint density at radius 1 is 0.579 bits per heavy atom. The second-order valence-corrected chi connectivity index (χ2v) is 4.86. The Morgan fingerprint density at radius 3 is 0.579 bits per heavy atom. The zero-order valence-corrected chi connectivity index (χ0v) is 13.1. The van der Waals surface area contributed by atoms with E-state index in [0.29, 0.717) is 0 Å². The monoisotopic (exact) mass is 375 g/mol. The molecule has 0 aromatic rings. The zero-order valence-electron chi connectivity index (χ0n) is 8.64. The van der Waals surface area contributed by atoms with E-state index in [-0.39, 0.29) is 0 Å². The molecule has 0 aliphatic carbocycles. The van der Waals surface area contributed by atoms with Crippen LogP contribution in [0.25, 0.3) is 0 Å². The third kappa shape index (κ3) is 5200. The van der Waals surface area contributed by atoms with Gasteiger partial charge in [-0.25, -0.2) is 0 Å². The van der Waals surface area contributed by atoms with E-state index in [9.17, 15) is 0 Å². The summed E-state index contributed by atoms with van der Waals surface area (Å²) in [6, 6.07) is 0. The van der Waals surface area contributed by atoms with Gasteiger partial charge in [-0.05, 0) is 23.2 Å². The van der Waals surface area contributed by atoms with Crippen LogP contribution in [0.1, 0.15) is 0 Å². The Kier molecular flexibility index (Phi) is 28.9. The van der Waals surface area contributed by atoms with Crippen molar-refractivity contribution in [3.8, 4) is 0 Å². The van der Waals surface area contributed by atoms with Gasteiger partial charge in [0, 0.05) is 0 Å². The predicted molar refractivity (Wildman–Crippen MR) is 59.8 cm³/mol. The molecule has 17 heteroatoms. The summed E-state index contributed by atoms with van der Waals surface area (Å²) in [7, 11) is -13.9. The van der Waals surface area contributed by atoms with Gasteiger partial charge in [0.2, 0.25) is 0 Å².